The highest BCUT2D eigenvalue weighted by molar-refractivity contribution is 7.15. The van der Waals surface area contributed by atoms with Gasteiger partial charge in [0.15, 0.2) is 5.75 Å². The SMILES string of the molecule is Cc1cnc(-c2cc(C(=O)NC(C)c3cnc(C(F)(F)F)nc3)cc3c2OCCN3CC2CCOC2)s1. The first kappa shape index (κ1) is 25.4. The molecule has 2 aromatic heterocycles. The predicted molar refractivity (Wildman–Crippen MR) is 132 cm³/mol. The lowest BCUT2D eigenvalue weighted by atomic mass is 10.0. The van der Waals surface area contributed by atoms with Crippen molar-refractivity contribution in [2.75, 3.05) is 37.8 Å². The maximum atomic E-state index is 13.4. The van der Waals surface area contributed by atoms with Gasteiger partial charge in [0.05, 0.1) is 30.4 Å². The highest BCUT2D eigenvalue weighted by Crippen LogP contribution is 2.43. The first-order valence-electron chi connectivity index (χ1n) is 12.0. The number of thiazole rings is 1. The van der Waals surface area contributed by atoms with Gasteiger partial charge in [-0.15, -0.1) is 11.3 Å². The van der Waals surface area contributed by atoms with Gasteiger partial charge >= 0.3 is 6.18 Å². The molecule has 2 unspecified atom stereocenters. The molecule has 1 amide bonds. The van der Waals surface area contributed by atoms with Crippen LogP contribution in [0.4, 0.5) is 18.9 Å². The van der Waals surface area contributed by atoms with Gasteiger partial charge in [-0.2, -0.15) is 13.2 Å². The van der Waals surface area contributed by atoms with E-state index in [1.165, 1.54) is 11.3 Å². The molecule has 2 aliphatic heterocycles. The second-order valence-corrected chi connectivity index (χ2v) is 10.4. The zero-order valence-corrected chi connectivity index (χ0v) is 21.2. The molecule has 0 radical (unpaired) electrons. The van der Waals surface area contributed by atoms with E-state index in [1.807, 2.05) is 6.92 Å². The van der Waals surface area contributed by atoms with Gasteiger partial charge in [0.25, 0.3) is 5.91 Å². The number of halogens is 3. The van der Waals surface area contributed by atoms with Crippen LogP contribution < -0.4 is 15.0 Å². The Morgan fingerprint density at radius 2 is 2.00 bits per heavy atom. The lowest BCUT2D eigenvalue weighted by Crippen LogP contribution is -2.37. The largest absolute Gasteiger partial charge is 0.489 e. The summed E-state index contributed by atoms with van der Waals surface area (Å²) in [5.41, 5.74) is 2.32. The number of nitrogens with one attached hydrogen (secondary N) is 1. The minimum absolute atomic E-state index is 0.362. The first-order chi connectivity index (χ1) is 17.7. The molecule has 1 N–H and O–H groups in total. The minimum atomic E-state index is -4.63. The molecule has 2 atom stereocenters. The Labute approximate surface area is 215 Å². The predicted octanol–water partition coefficient (Wildman–Crippen LogP) is 4.65. The van der Waals surface area contributed by atoms with E-state index in [0.717, 1.165) is 53.1 Å². The molecule has 0 spiro atoms. The van der Waals surface area contributed by atoms with E-state index < -0.39 is 18.0 Å². The Kier molecular flexibility index (Phi) is 7.04. The van der Waals surface area contributed by atoms with Crippen LogP contribution in [-0.4, -0.2) is 53.8 Å². The smallest absolute Gasteiger partial charge is 0.451 e. The Morgan fingerprint density at radius 3 is 2.65 bits per heavy atom. The van der Waals surface area contributed by atoms with Gasteiger partial charge < -0.3 is 19.7 Å². The lowest BCUT2D eigenvalue weighted by Gasteiger charge is -2.34. The summed E-state index contributed by atoms with van der Waals surface area (Å²) in [7, 11) is 0. The lowest BCUT2D eigenvalue weighted by molar-refractivity contribution is -0.145. The molecule has 0 bridgehead atoms. The van der Waals surface area contributed by atoms with Crippen LogP contribution in [0, 0.1) is 12.8 Å². The third kappa shape index (κ3) is 5.54. The summed E-state index contributed by atoms with van der Waals surface area (Å²) in [5.74, 6) is -0.506. The molecule has 5 rings (SSSR count). The summed E-state index contributed by atoms with van der Waals surface area (Å²) in [5, 5.41) is 3.60. The highest BCUT2D eigenvalue weighted by atomic mass is 32.1. The van der Waals surface area contributed by atoms with Crippen molar-refractivity contribution in [1.82, 2.24) is 20.3 Å². The van der Waals surface area contributed by atoms with Crippen LogP contribution in [0.3, 0.4) is 0 Å². The minimum Gasteiger partial charge on any atom is -0.489 e. The quantitative estimate of drug-likeness (QED) is 0.493. The topological polar surface area (TPSA) is 89.5 Å². The number of anilines is 1. The number of aryl methyl sites for hydroxylation is 1. The summed E-state index contributed by atoms with van der Waals surface area (Å²) in [6.45, 7) is 7.08. The third-order valence-corrected chi connectivity index (χ3v) is 7.35. The van der Waals surface area contributed by atoms with Crippen LogP contribution >= 0.6 is 11.3 Å². The van der Waals surface area contributed by atoms with Crippen LogP contribution in [0.2, 0.25) is 0 Å². The number of aromatic nitrogens is 3. The number of hydrogen-bond acceptors (Lipinski definition) is 8. The van der Waals surface area contributed by atoms with Gasteiger partial charge in [-0.25, -0.2) is 15.0 Å². The molecule has 1 fully saturated rings. The van der Waals surface area contributed by atoms with Crippen LogP contribution in [0.5, 0.6) is 5.75 Å². The molecule has 4 heterocycles. The molecule has 8 nitrogen and oxygen atoms in total. The van der Waals surface area contributed by atoms with Crippen LogP contribution in [-0.2, 0) is 10.9 Å². The average Bonchev–Trinajstić information content (AvgIpc) is 3.55. The standard InChI is InChI=1S/C25H26F3N5O3S/c1-14-9-29-23(37-14)19-7-17(8-20-21(19)36-6-4-33(20)12-16-3-5-35-13-16)22(34)32-15(2)18-10-30-24(31-11-18)25(26,27)28/h7-11,15-16H,3-6,12-13H2,1-2H3,(H,32,34). The van der Waals surface area contributed by atoms with Crippen LogP contribution in [0.15, 0.2) is 30.7 Å². The summed E-state index contributed by atoms with van der Waals surface area (Å²) in [6, 6.07) is 2.95. The number of carbonyl (C=O) groups excluding carboxylic acids is 1. The average molecular weight is 534 g/mol. The van der Waals surface area contributed by atoms with Crippen LogP contribution in [0.25, 0.3) is 10.6 Å². The molecule has 2 aliphatic rings. The summed E-state index contributed by atoms with van der Waals surface area (Å²) in [6.07, 6.45) is 0.297. The number of fused-ring (bicyclic) bond motifs is 1. The molecular formula is C25H26F3N5O3S. The summed E-state index contributed by atoms with van der Waals surface area (Å²) >= 11 is 1.51. The summed E-state index contributed by atoms with van der Waals surface area (Å²) < 4.78 is 50.1. The van der Waals surface area contributed by atoms with E-state index in [-0.39, 0.29) is 5.91 Å². The van der Waals surface area contributed by atoms with Crippen molar-refractivity contribution in [1.29, 1.82) is 0 Å². The number of hydrogen-bond donors (Lipinski definition) is 1. The van der Waals surface area contributed by atoms with Crippen molar-refractivity contribution >= 4 is 22.9 Å². The normalized spacial score (nSPS) is 18.3. The van der Waals surface area contributed by atoms with Crippen molar-refractivity contribution in [2.45, 2.75) is 32.5 Å². The fourth-order valence-electron chi connectivity index (χ4n) is 4.45. The zero-order valence-electron chi connectivity index (χ0n) is 20.3. The molecule has 1 saturated heterocycles. The van der Waals surface area contributed by atoms with E-state index >= 15 is 0 Å². The Balaban J connectivity index is 1.45. The highest BCUT2D eigenvalue weighted by Gasteiger charge is 2.34. The van der Waals surface area contributed by atoms with Gasteiger partial charge in [0, 0.05) is 53.7 Å². The van der Waals surface area contributed by atoms with Crippen molar-refractivity contribution in [3.63, 3.8) is 0 Å². The fourth-order valence-corrected chi connectivity index (χ4v) is 5.23. The van der Waals surface area contributed by atoms with Gasteiger partial charge in [-0.1, -0.05) is 0 Å². The van der Waals surface area contributed by atoms with E-state index in [1.54, 1.807) is 25.3 Å². The number of amides is 1. The molecule has 196 valence electrons. The zero-order chi connectivity index (χ0) is 26.2. The second kappa shape index (κ2) is 10.3. The first-order valence-corrected chi connectivity index (χ1v) is 12.8. The number of rotatable bonds is 6. The Morgan fingerprint density at radius 1 is 1.22 bits per heavy atom. The van der Waals surface area contributed by atoms with E-state index in [0.29, 0.717) is 42.6 Å². The van der Waals surface area contributed by atoms with E-state index in [2.05, 4.69) is 25.2 Å². The number of benzene rings is 1. The van der Waals surface area contributed by atoms with Gasteiger partial charge in [0.2, 0.25) is 5.82 Å². The number of alkyl halides is 3. The summed E-state index contributed by atoms with van der Waals surface area (Å²) in [4.78, 5) is 27.9. The van der Waals surface area contributed by atoms with Crippen molar-refractivity contribution < 1.29 is 27.4 Å². The molecule has 3 aromatic rings. The van der Waals surface area contributed by atoms with Gasteiger partial charge in [-0.05, 0) is 32.4 Å². The Bertz CT molecular complexity index is 1280. The fraction of sp³-hybridized carbons (Fsp3) is 0.440. The van der Waals surface area contributed by atoms with Gasteiger partial charge in [-0.3, -0.25) is 4.79 Å². The van der Waals surface area contributed by atoms with Crippen molar-refractivity contribution in [3.05, 3.63) is 52.6 Å². The maximum Gasteiger partial charge on any atom is 0.451 e. The number of carbonyl (C=O) groups is 1. The number of ether oxygens (including phenoxy) is 2. The maximum absolute atomic E-state index is 13.4. The second-order valence-electron chi connectivity index (χ2n) is 9.21. The molecule has 0 saturated carbocycles. The monoisotopic (exact) mass is 533 g/mol. The third-order valence-electron chi connectivity index (χ3n) is 6.41. The van der Waals surface area contributed by atoms with Crippen molar-refractivity contribution in [2.24, 2.45) is 5.92 Å². The molecular weight excluding hydrogens is 507 g/mol. The van der Waals surface area contributed by atoms with Crippen molar-refractivity contribution in [3.8, 4) is 16.3 Å². The molecule has 12 heteroatoms. The number of nitrogens with zero attached hydrogens (tertiary/aromatic N) is 4. The van der Waals surface area contributed by atoms with Gasteiger partial charge in [0.1, 0.15) is 11.6 Å². The molecule has 1 aromatic carbocycles. The van der Waals surface area contributed by atoms with Crippen LogP contribution in [0.1, 0.15) is 46.0 Å². The Hall–Kier alpha value is -3.25. The molecule has 0 aliphatic carbocycles. The van der Waals surface area contributed by atoms with E-state index in [4.69, 9.17) is 9.47 Å². The van der Waals surface area contributed by atoms with E-state index in [9.17, 15) is 18.0 Å². The molecule has 37 heavy (non-hydrogen) atoms.